The average molecular weight is 364 g/mol. The molecule has 2 aromatic rings. The fourth-order valence-electron chi connectivity index (χ4n) is 3.88. The molecule has 1 fully saturated rings. The van der Waals surface area contributed by atoms with E-state index in [9.17, 15) is 0 Å². The van der Waals surface area contributed by atoms with E-state index < -0.39 is 0 Å². The smallest absolute Gasteiger partial charge is 0.489 e. The standard InChI is InChI=1S/C23H29BO3/c1-16-11-18-9-10-21(14-19(18)12-16)25-15-17-7-6-8-20(13-17)24-26-22(2,3)23(4,5)27-24/h6-10,13-14,16H,11-12,15H2,1-5H3. The van der Waals surface area contributed by atoms with Crippen LogP contribution in [0.1, 0.15) is 51.3 Å². The molecule has 1 aliphatic carbocycles. The molecule has 1 aliphatic heterocycles. The molecule has 4 heteroatoms. The highest BCUT2D eigenvalue weighted by atomic mass is 16.7. The predicted molar refractivity (Wildman–Crippen MR) is 110 cm³/mol. The van der Waals surface area contributed by atoms with Crippen molar-refractivity contribution in [1.29, 1.82) is 0 Å². The Labute approximate surface area is 163 Å². The fraction of sp³-hybridized carbons (Fsp3) is 0.478. The van der Waals surface area contributed by atoms with Gasteiger partial charge in [-0.15, -0.1) is 0 Å². The second-order valence-electron chi connectivity index (χ2n) is 9.07. The first-order chi connectivity index (χ1) is 12.7. The summed E-state index contributed by atoms with van der Waals surface area (Å²) in [6.07, 6.45) is 2.34. The van der Waals surface area contributed by atoms with E-state index in [4.69, 9.17) is 14.0 Å². The van der Waals surface area contributed by atoms with Gasteiger partial charge in [0.15, 0.2) is 0 Å². The molecule has 0 N–H and O–H groups in total. The molecular formula is C23H29BO3. The highest BCUT2D eigenvalue weighted by Gasteiger charge is 2.51. The maximum absolute atomic E-state index is 6.17. The van der Waals surface area contributed by atoms with Gasteiger partial charge in [-0.25, -0.2) is 0 Å². The number of fused-ring (bicyclic) bond motifs is 1. The second kappa shape index (κ2) is 6.68. The normalized spacial score (nSPS) is 22.7. The van der Waals surface area contributed by atoms with Gasteiger partial charge in [-0.1, -0.05) is 37.3 Å². The third-order valence-corrected chi connectivity index (χ3v) is 6.20. The Bertz CT molecular complexity index is 827. The van der Waals surface area contributed by atoms with Gasteiger partial charge >= 0.3 is 7.12 Å². The first-order valence-corrected chi connectivity index (χ1v) is 9.93. The maximum atomic E-state index is 6.17. The van der Waals surface area contributed by atoms with E-state index in [0.717, 1.165) is 29.1 Å². The fourth-order valence-corrected chi connectivity index (χ4v) is 3.88. The monoisotopic (exact) mass is 364 g/mol. The van der Waals surface area contributed by atoms with Crippen LogP contribution in [0.2, 0.25) is 0 Å². The van der Waals surface area contributed by atoms with Crippen LogP contribution < -0.4 is 10.2 Å². The summed E-state index contributed by atoms with van der Waals surface area (Å²) in [5.41, 5.74) is 4.41. The Morgan fingerprint density at radius 2 is 1.67 bits per heavy atom. The Balaban J connectivity index is 1.44. The van der Waals surface area contributed by atoms with Crippen molar-refractivity contribution >= 4 is 12.6 Å². The van der Waals surface area contributed by atoms with Crippen molar-refractivity contribution in [3.05, 3.63) is 59.2 Å². The van der Waals surface area contributed by atoms with E-state index in [1.807, 2.05) is 6.07 Å². The van der Waals surface area contributed by atoms with Crippen molar-refractivity contribution in [2.75, 3.05) is 0 Å². The van der Waals surface area contributed by atoms with E-state index in [0.29, 0.717) is 6.61 Å². The number of benzene rings is 2. The van der Waals surface area contributed by atoms with Crippen LogP contribution in [0.3, 0.4) is 0 Å². The minimum atomic E-state index is -0.337. The number of hydrogen-bond donors (Lipinski definition) is 0. The zero-order valence-electron chi connectivity index (χ0n) is 17.0. The molecule has 1 atom stereocenters. The lowest BCUT2D eigenvalue weighted by Gasteiger charge is -2.32. The first-order valence-electron chi connectivity index (χ1n) is 9.93. The number of ether oxygens (including phenoxy) is 1. The molecule has 0 saturated carbocycles. The largest absolute Gasteiger partial charge is 0.494 e. The predicted octanol–water partition coefficient (Wildman–Crippen LogP) is 4.30. The second-order valence-corrected chi connectivity index (χ2v) is 9.07. The zero-order chi connectivity index (χ0) is 19.2. The third-order valence-electron chi connectivity index (χ3n) is 6.20. The SMILES string of the molecule is CC1Cc2ccc(OCc3cccc(B4OC(C)(C)C(C)(C)O4)c3)cc2C1. The zero-order valence-corrected chi connectivity index (χ0v) is 17.0. The molecule has 3 nitrogen and oxygen atoms in total. The summed E-state index contributed by atoms with van der Waals surface area (Å²) >= 11 is 0. The van der Waals surface area contributed by atoms with E-state index in [1.165, 1.54) is 17.5 Å². The van der Waals surface area contributed by atoms with Gasteiger partial charge < -0.3 is 14.0 Å². The van der Waals surface area contributed by atoms with E-state index in [-0.39, 0.29) is 18.3 Å². The number of rotatable bonds is 4. The van der Waals surface area contributed by atoms with Crippen LogP contribution in [0.4, 0.5) is 0 Å². The molecule has 2 aromatic carbocycles. The van der Waals surface area contributed by atoms with Gasteiger partial charge in [-0.3, -0.25) is 0 Å². The van der Waals surface area contributed by atoms with Gasteiger partial charge in [0.25, 0.3) is 0 Å². The molecule has 0 spiro atoms. The third kappa shape index (κ3) is 3.65. The van der Waals surface area contributed by atoms with Crippen LogP contribution in [0.15, 0.2) is 42.5 Å². The van der Waals surface area contributed by atoms with Gasteiger partial charge in [-0.05, 0) is 80.7 Å². The van der Waals surface area contributed by atoms with E-state index >= 15 is 0 Å². The van der Waals surface area contributed by atoms with Crippen LogP contribution in [-0.2, 0) is 28.8 Å². The summed E-state index contributed by atoms with van der Waals surface area (Å²) in [7, 11) is -0.337. The molecule has 1 saturated heterocycles. The molecule has 4 rings (SSSR count). The molecule has 0 radical (unpaired) electrons. The molecule has 0 bridgehead atoms. The summed E-state index contributed by atoms with van der Waals surface area (Å²) in [5, 5.41) is 0. The molecule has 142 valence electrons. The van der Waals surface area contributed by atoms with Crippen molar-refractivity contribution in [3.63, 3.8) is 0 Å². The topological polar surface area (TPSA) is 27.7 Å². The van der Waals surface area contributed by atoms with Crippen LogP contribution in [0.25, 0.3) is 0 Å². The molecule has 1 heterocycles. The summed E-state index contributed by atoms with van der Waals surface area (Å²) in [4.78, 5) is 0. The van der Waals surface area contributed by atoms with Crippen LogP contribution >= 0.6 is 0 Å². The van der Waals surface area contributed by atoms with Gasteiger partial charge in [0.1, 0.15) is 12.4 Å². The summed E-state index contributed by atoms with van der Waals surface area (Å²) in [6, 6.07) is 14.8. The van der Waals surface area contributed by atoms with Crippen molar-refractivity contribution in [1.82, 2.24) is 0 Å². The van der Waals surface area contributed by atoms with Gasteiger partial charge in [0.2, 0.25) is 0 Å². The summed E-state index contributed by atoms with van der Waals surface area (Å²) in [6.45, 7) is 11.2. The highest BCUT2D eigenvalue weighted by molar-refractivity contribution is 6.62. The molecule has 0 aromatic heterocycles. The van der Waals surface area contributed by atoms with Gasteiger partial charge in [0, 0.05) is 0 Å². The lowest BCUT2D eigenvalue weighted by molar-refractivity contribution is 0.00578. The molecule has 27 heavy (non-hydrogen) atoms. The van der Waals surface area contributed by atoms with Crippen molar-refractivity contribution in [2.45, 2.75) is 65.3 Å². The lowest BCUT2D eigenvalue weighted by Crippen LogP contribution is -2.41. The summed E-state index contributed by atoms with van der Waals surface area (Å²) < 4.78 is 18.4. The van der Waals surface area contributed by atoms with E-state index in [2.05, 4.69) is 71.0 Å². The van der Waals surface area contributed by atoms with Crippen molar-refractivity contribution in [3.8, 4) is 5.75 Å². The maximum Gasteiger partial charge on any atom is 0.494 e. The van der Waals surface area contributed by atoms with Crippen molar-refractivity contribution < 1.29 is 14.0 Å². The Morgan fingerprint density at radius 1 is 0.963 bits per heavy atom. The quantitative estimate of drug-likeness (QED) is 0.757. The summed E-state index contributed by atoms with van der Waals surface area (Å²) in [5.74, 6) is 1.69. The molecular weight excluding hydrogens is 335 g/mol. The highest BCUT2D eigenvalue weighted by Crippen LogP contribution is 2.36. The molecule has 0 amide bonds. The molecule has 1 unspecified atom stereocenters. The Hall–Kier alpha value is -1.78. The van der Waals surface area contributed by atoms with Crippen LogP contribution in [0, 0.1) is 5.92 Å². The molecule has 2 aliphatic rings. The number of hydrogen-bond acceptors (Lipinski definition) is 3. The first kappa shape index (κ1) is 18.6. The minimum Gasteiger partial charge on any atom is -0.489 e. The minimum absolute atomic E-state index is 0.328. The Morgan fingerprint density at radius 3 is 2.41 bits per heavy atom. The lowest BCUT2D eigenvalue weighted by atomic mass is 9.78. The van der Waals surface area contributed by atoms with Gasteiger partial charge in [-0.2, -0.15) is 0 Å². The van der Waals surface area contributed by atoms with Gasteiger partial charge in [0.05, 0.1) is 11.2 Å². The van der Waals surface area contributed by atoms with Crippen LogP contribution in [0.5, 0.6) is 5.75 Å². The van der Waals surface area contributed by atoms with Crippen molar-refractivity contribution in [2.24, 2.45) is 5.92 Å². The van der Waals surface area contributed by atoms with E-state index in [1.54, 1.807) is 0 Å². The average Bonchev–Trinajstić information content (AvgIpc) is 3.08. The Kier molecular flexibility index (Phi) is 4.60. The van der Waals surface area contributed by atoms with Crippen LogP contribution in [-0.4, -0.2) is 18.3 Å².